The first-order valence-electron chi connectivity index (χ1n) is 11.7. The standard InChI is InChI=1S/C27H28N4O2/c1-2-33-23-16-14-21(15-17-23)29-27(32)20-12-10-19(11-13-20)25-30-24-9-6-18-28-26(24)31(25)22-7-4-3-5-8-22/h6,9-18,22H,2-5,7-8H2,1H3,(H,29,32). The van der Waals surface area contributed by atoms with Crippen molar-refractivity contribution in [3.05, 3.63) is 72.4 Å². The summed E-state index contributed by atoms with van der Waals surface area (Å²) in [7, 11) is 0. The van der Waals surface area contributed by atoms with Gasteiger partial charge in [0.1, 0.15) is 17.1 Å². The molecule has 6 nitrogen and oxygen atoms in total. The molecule has 0 bridgehead atoms. The average Bonchev–Trinajstić information content (AvgIpc) is 3.26. The molecule has 1 saturated carbocycles. The molecule has 33 heavy (non-hydrogen) atoms. The molecule has 1 aliphatic carbocycles. The number of hydrogen-bond acceptors (Lipinski definition) is 4. The molecule has 2 aromatic carbocycles. The topological polar surface area (TPSA) is 69.0 Å². The molecule has 0 aliphatic heterocycles. The molecule has 2 aromatic heterocycles. The Morgan fingerprint density at radius 3 is 2.52 bits per heavy atom. The zero-order valence-corrected chi connectivity index (χ0v) is 18.8. The Hall–Kier alpha value is -3.67. The van der Waals surface area contributed by atoms with Crippen molar-refractivity contribution in [2.24, 2.45) is 0 Å². The molecule has 1 amide bonds. The highest BCUT2D eigenvalue weighted by Gasteiger charge is 2.23. The van der Waals surface area contributed by atoms with Gasteiger partial charge in [0.25, 0.3) is 5.91 Å². The largest absolute Gasteiger partial charge is 0.494 e. The van der Waals surface area contributed by atoms with E-state index in [-0.39, 0.29) is 5.91 Å². The van der Waals surface area contributed by atoms with Crippen LogP contribution in [0.4, 0.5) is 5.69 Å². The van der Waals surface area contributed by atoms with Crippen LogP contribution in [-0.2, 0) is 0 Å². The van der Waals surface area contributed by atoms with E-state index in [1.165, 1.54) is 19.3 Å². The molecule has 0 atom stereocenters. The van der Waals surface area contributed by atoms with Gasteiger partial charge < -0.3 is 14.6 Å². The fourth-order valence-electron chi connectivity index (χ4n) is 4.59. The van der Waals surface area contributed by atoms with Crippen LogP contribution in [0, 0.1) is 0 Å². The molecule has 168 valence electrons. The first kappa shape index (κ1) is 21.2. The van der Waals surface area contributed by atoms with E-state index in [0.717, 1.165) is 46.8 Å². The number of amides is 1. The van der Waals surface area contributed by atoms with E-state index in [1.54, 1.807) is 0 Å². The van der Waals surface area contributed by atoms with Crippen LogP contribution >= 0.6 is 0 Å². The van der Waals surface area contributed by atoms with Crippen LogP contribution in [0.3, 0.4) is 0 Å². The molecule has 1 N–H and O–H groups in total. The van der Waals surface area contributed by atoms with Gasteiger partial charge in [0.2, 0.25) is 0 Å². The molecule has 0 saturated heterocycles. The van der Waals surface area contributed by atoms with E-state index in [1.807, 2.05) is 73.8 Å². The second kappa shape index (κ2) is 9.45. The Labute approximate surface area is 193 Å². The highest BCUT2D eigenvalue weighted by molar-refractivity contribution is 6.04. The van der Waals surface area contributed by atoms with Crippen LogP contribution in [0.5, 0.6) is 5.75 Å². The molecule has 0 unspecified atom stereocenters. The molecule has 4 aromatic rings. The van der Waals surface area contributed by atoms with Crippen molar-refractivity contribution in [2.45, 2.75) is 45.1 Å². The molecule has 6 heteroatoms. The number of carbonyl (C=O) groups is 1. The number of benzene rings is 2. The van der Waals surface area contributed by atoms with Crippen molar-refractivity contribution >= 4 is 22.8 Å². The third-order valence-electron chi connectivity index (χ3n) is 6.22. The Morgan fingerprint density at radius 2 is 1.79 bits per heavy atom. The summed E-state index contributed by atoms with van der Waals surface area (Å²) in [6, 6.07) is 19.4. The number of nitrogens with one attached hydrogen (secondary N) is 1. The maximum atomic E-state index is 12.8. The minimum absolute atomic E-state index is 0.145. The van der Waals surface area contributed by atoms with E-state index >= 15 is 0 Å². The van der Waals surface area contributed by atoms with Crippen molar-refractivity contribution in [3.8, 4) is 17.1 Å². The van der Waals surface area contributed by atoms with Gasteiger partial charge in [-0.25, -0.2) is 9.97 Å². The summed E-state index contributed by atoms with van der Waals surface area (Å²) in [6.45, 7) is 2.56. The van der Waals surface area contributed by atoms with Gasteiger partial charge in [-0.15, -0.1) is 0 Å². The van der Waals surface area contributed by atoms with Gasteiger partial charge in [0.15, 0.2) is 5.65 Å². The van der Waals surface area contributed by atoms with Crippen molar-refractivity contribution in [2.75, 3.05) is 11.9 Å². The fourth-order valence-corrected chi connectivity index (χ4v) is 4.59. The van der Waals surface area contributed by atoms with Crippen molar-refractivity contribution < 1.29 is 9.53 Å². The number of aromatic nitrogens is 3. The predicted molar refractivity (Wildman–Crippen MR) is 131 cm³/mol. The maximum Gasteiger partial charge on any atom is 0.255 e. The summed E-state index contributed by atoms with van der Waals surface area (Å²) in [5.41, 5.74) is 4.19. The van der Waals surface area contributed by atoms with E-state index < -0.39 is 0 Å². The lowest BCUT2D eigenvalue weighted by Crippen LogP contribution is -2.14. The Bertz CT molecular complexity index is 1240. The van der Waals surface area contributed by atoms with Crippen LogP contribution in [0.2, 0.25) is 0 Å². The Balaban J connectivity index is 1.39. The minimum atomic E-state index is -0.145. The van der Waals surface area contributed by atoms with E-state index in [4.69, 9.17) is 9.72 Å². The van der Waals surface area contributed by atoms with Gasteiger partial charge in [-0.1, -0.05) is 31.4 Å². The van der Waals surface area contributed by atoms with Crippen LogP contribution in [0.1, 0.15) is 55.4 Å². The monoisotopic (exact) mass is 440 g/mol. The normalized spacial score (nSPS) is 14.3. The SMILES string of the molecule is CCOc1ccc(NC(=O)c2ccc(-c3nc4cccnc4n3C3CCCCC3)cc2)cc1. The number of carbonyl (C=O) groups excluding carboxylic acids is 1. The van der Waals surface area contributed by atoms with Gasteiger partial charge in [0, 0.05) is 29.1 Å². The lowest BCUT2D eigenvalue weighted by atomic mass is 9.95. The first-order valence-corrected chi connectivity index (χ1v) is 11.7. The lowest BCUT2D eigenvalue weighted by molar-refractivity contribution is 0.102. The summed E-state index contributed by atoms with van der Waals surface area (Å²) in [5.74, 6) is 1.57. The van der Waals surface area contributed by atoms with Gasteiger partial charge >= 0.3 is 0 Å². The highest BCUT2D eigenvalue weighted by atomic mass is 16.5. The molecule has 0 spiro atoms. The molecule has 1 fully saturated rings. The Kier molecular flexibility index (Phi) is 6.07. The van der Waals surface area contributed by atoms with Crippen molar-refractivity contribution in [1.29, 1.82) is 0 Å². The second-order valence-corrected chi connectivity index (χ2v) is 8.43. The van der Waals surface area contributed by atoms with Gasteiger partial charge in [-0.3, -0.25) is 4.79 Å². The first-order chi connectivity index (χ1) is 16.2. The average molecular weight is 441 g/mol. The number of hydrogen-bond donors (Lipinski definition) is 1. The lowest BCUT2D eigenvalue weighted by Gasteiger charge is -2.25. The fraction of sp³-hybridized carbons (Fsp3) is 0.296. The van der Waals surface area contributed by atoms with Crippen LogP contribution in [0.25, 0.3) is 22.6 Å². The number of ether oxygens (including phenoxy) is 1. The predicted octanol–water partition coefficient (Wildman–Crippen LogP) is 6.25. The maximum absolute atomic E-state index is 12.8. The number of nitrogens with zero attached hydrogens (tertiary/aromatic N) is 3. The summed E-state index contributed by atoms with van der Waals surface area (Å²) < 4.78 is 7.76. The number of imidazole rings is 1. The molecule has 2 heterocycles. The summed E-state index contributed by atoms with van der Waals surface area (Å²) in [6.07, 6.45) is 7.91. The minimum Gasteiger partial charge on any atom is -0.494 e. The van der Waals surface area contributed by atoms with Crippen molar-refractivity contribution in [1.82, 2.24) is 14.5 Å². The summed E-state index contributed by atoms with van der Waals surface area (Å²) >= 11 is 0. The van der Waals surface area contributed by atoms with Gasteiger partial charge in [-0.2, -0.15) is 0 Å². The smallest absolute Gasteiger partial charge is 0.255 e. The quantitative estimate of drug-likeness (QED) is 0.384. The van der Waals surface area contributed by atoms with Gasteiger partial charge in [0.05, 0.1) is 6.61 Å². The molecular formula is C27H28N4O2. The van der Waals surface area contributed by atoms with Gasteiger partial charge in [-0.05, 0) is 68.3 Å². The van der Waals surface area contributed by atoms with E-state index in [0.29, 0.717) is 18.2 Å². The number of anilines is 1. The molecule has 5 rings (SSSR count). The third-order valence-corrected chi connectivity index (χ3v) is 6.22. The number of rotatable bonds is 6. The molecule has 1 aliphatic rings. The second-order valence-electron chi connectivity index (χ2n) is 8.43. The van der Waals surface area contributed by atoms with Crippen LogP contribution in [-0.4, -0.2) is 27.0 Å². The molecular weight excluding hydrogens is 412 g/mol. The third kappa shape index (κ3) is 4.46. The summed E-state index contributed by atoms with van der Waals surface area (Å²) in [5, 5.41) is 2.95. The number of fused-ring (bicyclic) bond motifs is 1. The number of pyridine rings is 1. The highest BCUT2D eigenvalue weighted by Crippen LogP contribution is 2.35. The summed E-state index contributed by atoms with van der Waals surface area (Å²) in [4.78, 5) is 22.3. The Morgan fingerprint density at radius 1 is 1.03 bits per heavy atom. The zero-order valence-electron chi connectivity index (χ0n) is 18.8. The van der Waals surface area contributed by atoms with E-state index in [2.05, 4.69) is 14.9 Å². The zero-order chi connectivity index (χ0) is 22.6. The van der Waals surface area contributed by atoms with Crippen LogP contribution in [0.15, 0.2) is 66.9 Å². The molecule has 0 radical (unpaired) electrons. The van der Waals surface area contributed by atoms with Crippen molar-refractivity contribution in [3.63, 3.8) is 0 Å². The van der Waals surface area contributed by atoms with E-state index in [9.17, 15) is 4.79 Å². The van der Waals surface area contributed by atoms with Crippen LogP contribution < -0.4 is 10.1 Å².